The molecule has 1 aliphatic rings. The number of thiocarbonyl (C=S) groups is 1. The Morgan fingerprint density at radius 2 is 1.88 bits per heavy atom. The summed E-state index contributed by atoms with van der Waals surface area (Å²) in [5, 5.41) is 2.72. The Bertz CT molecular complexity index is 1280. The zero-order valence-corrected chi connectivity index (χ0v) is 19.9. The van der Waals surface area contributed by atoms with Crippen LogP contribution in [0.3, 0.4) is 0 Å². The van der Waals surface area contributed by atoms with Crippen molar-refractivity contribution in [3.05, 3.63) is 94.6 Å². The molecule has 1 saturated heterocycles. The molecule has 0 aromatic heterocycles. The fourth-order valence-corrected chi connectivity index (χ4v) is 4.58. The number of thioether (sulfide) groups is 1. The maximum Gasteiger partial charge on any atom is 0.270 e. The van der Waals surface area contributed by atoms with Crippen LogP contribution in [0.1, 0.15) is 29.3 Å². The van der Waals surface area contributed by atoms with E-state index < -0.39 is 0 Å². The van der Waals surface area contributed by atoms with Gasteiger partial charge in [-0.3, -0.25) is 14.5 Å². The Morgan fingerprint density at radius 1 is 1.12 bits per heavy atom. The van der Waals surface area contributed by atoms with Gasteiger partial charge in [0.15, 0.2) is 4.32 Å². The highest BCUT2D eigenvalue weighted by Crippen LogP contribution is 2.36. The summed E-state index contributed by atoms with van der Waals surface area (Å²) in [6.07, 6.45) is 2.69. The van der Waals surface area contributed by atoms with E-state index in [9.17, 15) is 14.0 Å². The average Bonchev–Trinajstić information content (AvgIpc) is 3.12. The van der Waals surface area contributed by atoms with Crippen LogP contribution in [-0.4, -0.2) is 22.7 Å². The summed E-state index contributed by atoms with van der Waals surface area (Å²) in [7, 11) is 0. The molecule has 3 aromatic rings. The van der Waals surface area contributed by atoms with Crippen LogP contribution in [0.15, 0.2) is 77.7 Å². The first kappa shape index (κ1) is 23.7. The average molecular weight is 493 g/mol. The number of nitrogens with zero attached hydrogens (tertiary/aromatic N) is 1. The second-order valence-electron chi connectivity index (χ2n) is 7.45. The van der Waals surface area contributed by atoms with Gasteiger partial charge in [0.2, 0.25) is 0 Å². The molecule has 1 fully saturated rings. The van der Waals surface area contributed by atoms with Crippen molar-refractivity contribution in [3.63, 3.8) is 0 Å². The molecule has 8 heteroatoms. The van der Waals surface area contributed by atoms with Crippen LogP contribution >= 0.6 is 24.0 Å². The molecule has 1 aliphatic heterocycles. The predicted octanol–water partition coefficient (Wildman–Crippen LogP) is 6.27. The van der Waals surface area contributed by atoms with Gasteiger partial charge in [-0.05, 0) is 72.7 Å². The molecular weight excluding hydrogens is 471 g/mol. The number of amides is 2. The van der Waals surface area contributed by atoms with Crippen molar-refractivity contribution < 1.29 is 18.7 Å². The molecule has 1 N–H and O–H groups in total. The number of benzene rings is 3. The van der Waals surface area contributed by atoms with Crippen LogP contribution in [0, 0.1) is 5.82 Å². The van der Waals surface area contributed by atoms with E-state index in [1.807, 2.05) is 31.2 Å². The number of carbonyl (C=O) groups excluding carboxylic acids is 2. The topological polar surface area (TPSA) is 58.6 Å². The summed E-state index contributed by atoms with van der Waals surface area (Å²) < 4.78 is 19.2. The monoisotopic (exact) mass is 492 g/mol. The molecule has 0 saturated carbocycles. The van der Waals surface area contributed by atoms with Crippen molar-refractivity contribution >= 4 is 57.6 Å². The Balaban J connectivity index is 1.53. The van der Waals surface area contributed by atoms with Crippen molar-refractivity contribution in [1.29, 1.82) is 0 Å². The van der Waals surface area contributed by atoms with Gasteiger partial charge in [0.25, 0.3) is 11.8 Å². The Morgan fingerprint density at radius 3 is 2.65 bits per heavy atom. The minimum atomic E-state index is -0.386. The number of hydrogen-bond acceptors (Lipinski definition) is 5. The van der Waals surface area contributed by atoms with Crippen LogP contribution in [0.2, 0.25) is 0 Å². The van der Waals surface area contributed by atoms with Gasteiger partial charge in [0.1, 0.15) is 11.6 Å². The van der Waals surface area contributed by atoms with Gasteiger partial charge in [-0.15, -0.1) is 0 Å². The molecule has 0 radical (unpaired) electrons. The lowest BCUT2D eigenvalue weighted by molar-refractivity contribution is -0.113. The normalized spacial score (nSPS) is 14.5. The van der Waals surface area contributed by atoms with E-state index in [4.69, 9.17) is 17.0 Å². The molecule has 34 heavy (non-hydrogen) atoms. The number of carbonyl (C=O) groups is 2. The van der Waals surface area contributed by atoms with E-state index in [1.54, 1.807) is 30.3 Å². The van der Waals surface area contributed by atoms with Crippen molar-refractivity contribution in [2.75, 3.05) is 16.8 Å². The van der Waals surface area contributed by atoms with Crippen molar-refractivity contribution in [3.8, 4) is 5.75 Å². The predicted molar refractivity (Wildman–Crippen MR) is 139 cm³/mol. The quantitative estimate of drug-likeness (QED) is 0.311. The summed E-state index contributed by atoms with van der Waals surface area (Å²) in [4.78, 5) is 27.7. The highest BCUT2D eigenvalue weighted by molar-refractivity contribution is 8.27. The first-order chi connectivity index (χ1) is 16.4. The smallest absolute Gasteiger partial charge is 0.270 e. The Labute approximate surface area is 206 Å². The summed E-state index contributed by atoms with van der Waals surface area (Å²) in [6.45, 7) is 2.66. The lowest BCUT2D eigenvalue weighted by atomic mass is 10.1. The van der Waals surface area contributed by atoms with Crippen molar-refractivity contribution in [2.45, 2.75) is 13.3 Å². The van der Waals surface area contributed by atoms with Gasteiger partial charge >= 0.3 is 0 Å². The van der Waals surface area contributed by atoms with Gasteiger partial charge in [-0.2, -0.15) is 0 Å². The molecule has 172 valence electrons. The second-order valence-corrected chi connectivity index (χ2v) is 9.13. The molecular formula is C26H21FN2O3S2. The number of halogens is 1. The maximum atomic E-state index is 13.2. The lowest BCUT2D eigenvalue weighted by Crippen LogP contribution is -2.27. The minimum Gasteiger partial charge on any atom is -0.494 e. The fourth-order valence-electron chi connectivity index (χ4n) is 3.28. The molecule has 3 aromatic carbocycles. The number of rotatable bonds is 7. The van der Waals surface area contributed by atoms with Crippen molar-refractivity contribution in [2.24, 2.45) is 0 Å². The van der Waals surface area contributed by atoms with Crippen LogP contribution in [0.4, 0.5) is 15.8 Å². The molecule has 4 rings (SSSR count). The van der Waals surface area contributed by atoms with Gasteiger partial charge in [0, 0.05) is 11.3 Å². The Kier molecular flexibility index (Phi) is 7.40. The molecule has 0 spiro atoms. The third-order valence-electron chi connectivity index (χ3n) is 4.89. The summed E-state index contributed by atoms with van der Waals surface area (Å²) in [5.41, 5.74) is 2.15. The standard InChI is InChI=1S/C26H21FN2O3S2/c1-2-13-32-22-8-3-5-17(14-22)15-23-25(31)29(26(33)34-23)21-7-4-6-18(16-21)24(30)28-20-11-9-19(27)10-12-20/h3-12,14-16H,2,13H2,1H3,(H,28,30)/b23-15+. The largest absolute Gasteiger partial charge is 0.494 e. The Hall–Kier alpha value is -3.49. The zero-order valence-electron chi connectivity index (χ0n) is 18.3. The van der Waals surface area contributed by atoms with Crippen LogP contribution < -0.4 is 15.0 Å². The first-order valence-electron chi connectivity index (χ1n) is 10.6. The third kappa shape index (κ3) is 5.52. The minimum absolute atomic E-state index is 0.258. The molecule has 0 unspecified atom stereocenters. The fraction of sp³-hybridized carbons (Fsp3) is 0.115. The van der Waals surface area contributed by atoms with E-state index in [-0.39, 0.29) is 17.6 Å². The van der Waals surface area contributed by atoms with Gasteiger partial charge in [-0.25, -0.2) is 4.39 Å². The van der Waals surface area contributed by atoms with Gasteiger partial charge < -0.3 is 10.1 Å². The van der Waals surface area contributed by atoms with E-state index in [0.717, 1.165) is 17.7 Å². The highest BCUT2D eigenvalue weighted by atomic mass is 32.2. The third-order valence-corrected chi connectivity index (χ3v) is 6.19. The number of ether oxygens (including phenoxy) is 1. The van der Waals surface area contributed by atoms with Crippen LogP contribution in [0.5, 0.6) is 5.75 Å². The van der Waals surface area contributed by atoms with E-state index in [0.29, 0.717) is 32.8 Å². The first-order valence-corrected chi connectivity index (χ1v) is 11.8. The number of nitrogens with one attached hydrogen (secondary N) is 1. The SMILES string of the molecule is CCCOc1cccc(/C=C2/SC(=S)N(c3cccc(C(=O)Nc4ccc(F)cc4)c3)C2=O)c1. The number of hydrogen-bond donors (Lipinski definition) is 1. The molecule has 0 aliphatic carbocycles. The van der Waals surface area contributed by atoms with E-state index >= 15 is 0 Å². The molecule has 2 amide bonds. The van der Waals surface area contributed by atoms with Gasteiger partial charge in [0.05, 0.1) is 17.2 Å². The van der Waals surface area contributed by atoms with Crippen LogP contribution in [-0.2, 0) is 4.79 Å². The second kappa shape index (κ2) is 10.6. The molecule has 5 nitrogen and oxygen atoms in total. The summed E-state index contributed by atoms with van der Waals surface area (Å²) in [5.74, 6) is -0.280. The zero-order chi connectivity index (χ0) is 24.1. The molecule has 0 atom stereocenters. The molecule has 0 bridgehead atoms. The van der Waals surface area contributed by atoms with Crippen LogP contribution in [0.25, 0.3) is 6.08 Å². The van der Waals surface area contributed by atoms with E-state index in [2.05, 4.69) is 5.32 Å². The van der Waals surface area contributed by atoms with Crippen molar-refractivity contribution in [1.82, 2.24) is 0 Å². The summed E-state index contributed by atoms with van der Waals surface area (Å²) in [6, 6.07) is 19.7. The highest BCUT2D eigenvalue weighted by Gasteiger charge is 2.33. The summed E-state index contributed by atoms with van der Waals surface area (Å²) >= 11 is 6.67. The van der Waals surface area contributed by atoms with Gasteiger partial charge in [-0.1, -0.05) is 49.1 Å². The maximum absolute atomic E-state index is 13.2. The van der Waals surface area contributed by atoms with E-state index in [1.165, 1.54) is 40.9 Å². The number of anilines is 2. The lowest BCUT2D eigenvalue weighted by Gasteiger charge is -2.15. The molecule has 1 heterocycles.